The monoisotopic (exact) mass is 1510 g/mol. The molecule has 103 heavy (non-hydrogen) atoms. The van der Waals surface area contributed by atoms with Crippen molar-refractivity contribution in [2.75, 3.05) is 39.6 Å². The zero-order valence-electron chi connectivity index (χ0n) is 67.6. The number of aliphatic hydroxyl groups excluding tert-OH is 1. The molecule has 0 fully saturated rings. The smallest absolute Gasteiger partial charge is 0.462 e. The minimum absolute atomic E-state index is 0.108. The fraction of sp³-hybridized carbons (Fsp3) is 0.952. The van der Waals surface area contributed by atoms with Gasteiger partial charge in [-0.3, -0.25) is 37.3 Å². The van der Waals surface area contributed by atoms with Gasteiger partial charge in [0.15, 0.2) is 12.2 Å². The van der Waals surface area contributed by atoms with Crippen LogP contribution >= 0.6 is 15.6 Å². The second kappa shape index (κ2) is 75.5. The molecule has 0 aromatic rings. The lowest BCUT2D eigenvalue weighted by molar-refractivity contribution is -0.161. The van der Waals surface area contributed by atoms with E-state index in [0.717, 1.165) is 102 Å². The molecule has 0 radical (unpaired) electrons. The minimum atomic E-state index is -4.96. The normalized spacial score (nSPS) is 13.9. The highest BCUT2D eigenvalue weighted by molar-refractivity contribution is 7.47. The number of carbonyl (C=O) groups excluding carboxylic acids is 4. The summed E-state index contributed by atoms with van der Waals surface area (Å²) < 4.78 is 68.9. The van der Waals surface area contributed by atoms with Crippen LogP contribution in [0.15, 0.2) is 0 Å². The van der Waals surface area contributed by atoms with Crippen LogP contribution in [0.2, 0.25) is 0 Å². The molecule has 19 heteroatoms. The van der Waals surface area contributed by atoms with Crippen LogP contribution in [-0.2, 0) is 65.4 Å². The number of unbranched alkanes of at least 4 members (excludes halogenated alkanes) is 53. The van der Waals surface area contributed by atoms with Crippen molar-refractivity contribution in [1.29, 1.82) is 0 Å². The summed E-state index contributed by atoms with van der Waals surface area (Å²) in [6, 6.07) is 0. The van der Waals surface area contributed by atoms with Gasteiger partial charge < -0.3 is 33.8 Å². The quantitative estimate of drug-likeness (QED) is 0.0222. The Morgan fingerprint density at radius 3 is 0.660 bits per heavy atom. The first-order valence-electron chi connectivity index (χ1n) is 43.5. The van der Waals surface area contributed by atoms with E-state index in [1.54, 1.807) is 0 Å². The van der Waals surface area contributed by atoms with Crippen LogP contribution in [0.3, 0.4) is 0 Å². The predicted molar refractivity (Wildman–Crippen MR) is 423 cm³/mol. The van der Waals surface area contributed by atoms with Crippen LogP contribution in [0.5, 0.6) is 0 Å². The topological polar surface area (TPSA) is 237 Å². The Morgan fingerprint density at radius 1 is 0.262 bits per heavy atom. The third-order valence-corrected chi connectivity index (χ3v) is 21.6. The molecule has 0 aromatic heterocycles. The van der Waals surface area contributed by atoms with Crippen molar-refractivity contribution >= 4 is 39.5 Å². The number of phosphoric acid groups is 2. The average Bonchev–Trinajstić information content (AvgIpc) is 0.962. The lowest BCUT2D eigenvalue weighted by Crippen LogP contribution is -2.30. The molecule has 0 aliphatic heterocycles. The molecular weight excluding hydrogens is 1340 g/mol. The van der Waals surface area contributed by atoms with Gasteiger partial charge in [0.1, 0.15) is 19.3 Å². The largest absolute Gasteiger partial charge is 0.472 e. The summed E-state index contributed by atoms with van der Waals surface area (Å²) in [5.74, 6) is -0.578. The van der Waals surface area contributed by atoms with Crippen LogP contribution in [0, 0.1) is 11.8 Å². The Balaban J connectivity index is 5.25. The van der Waals surface area contributed by atoms with E-state index in [2.05, 4.69) is 41.5 Å². The number of carbonyl (C=O) groups is 4. The highest BCUT2D eigenvalue weighted by Crippen LogP contribution is 2.45. The fourth-order valence-electron chi connectivity index (χ4n) is 13.1. The standard InChI is InChI=1S/C84H164O17P2/c1-7-9-11-13-15-17-19-21-23-25-27-29-35-39-43-51-57-63-68-83(88)100-79(72-94-81(86)66-60-54-48-41-37-33-31-30-32-36-40-46-52-58-64-76(3)4)74-98-102(90,91)96-70-78(85)71-97-103(92,93)99-75-80(73-95-82(87)67-61-55-49-45-44-47-53-59-65-77(5)6)101-84(89)69-62-56-50-42-38-34-28-26-24-22-20-18-16-14-12-10-8-2/h76-80,85H,7-75H2,1-6H3,(H,90,91)(H,92,93)/t78-,79-,80-/m1/s1. The van der Waals surface area contributed by atoms with Gasteiger partial charge in [-0.2, -0.15) is 0 Å². The number of esters is 4. The van der Waals surface area contributed by atoms with Crippen LogP contribution < -0.4 is 0 Å². The van der Waals surface area contributed by atoms with Crippen molar-refractivity contribution < 1.29 is 80.2 Å². The maximum absolute atomic E-state index is 13.1. The van der Waals surface area contributed by atoms with Crippen molar-refractivity contribution in [2.24, 2.45) is 11.8 Å². The minimum Gasteiger partial charge on any atom is -0.462 e. The van der Waals surface area contributed by atoms with Gasteiger partial charge in [0.25, 0.3) is 0 Å². The molecule has 0 heterocycles. The van der Waals surface area contributed by atoms with Crippen molar-refractivity contribution in [3.8, 4) is 0 Å². The summed E-state index contributed by atoms with van der Waals surface area (Å²) in [7, 11) is -9.93. The Hall–Kier alpha value is -1.94. The molecule has 0 spiro atoms. The summed E-state index contributed by atoms with van der Waals surface area (Å²) >= 11 is 0. The third kappa shape index (κ3) is 78.0. The lowest BCUT2D eigenvalue weighted by Gasteiger charge is -2.21. The van der Waals surface area contributed by atoms with Crippen LogP contribution in [0.1, 0.15) is 446 Å². The Morgan fingerprint density at radius 2 is 0.447 bits per heavy atom. The SMILES string of the molecule is CCCCCCCCCCCCCCCCCCCCC(=O)O[C@H](COC(=O)CCCCCCCCCCCCCCCCC(C)C)COP(=O)(O)OC[C@@H](O)COP(=O)(O)OC[C@@H](COC(=O)CCCCCCCCCCC(C)C)OC(=O)CCCCCCCCCCCCCCCCCCC. The molecule has 0 amide bonds. The van der Waals surface area contributed by atoms with E-state index in [9.17, 15) is 43.2 Å². The second-order valence-corrected chi connectivity index (χ2v) is 34.1. The first-order valence-corrected chi connectivity index (χ1v) is 46.5. The Bertz CT molecular complexity index is 1980. The van der Waals surface area contributed by atoms with Gasteiger partial charge in [-0.25, -0.2) is 9.13 Å². The predicted octanol–water partition coefficient (Wildman–Crippen LogP) is 25.5. The van der Waals surface area contributed by atoms with E-state index < -0.39 is 97.5 Å². The molecule has 0 saturated carbocycles. The van der Waals surface area contributed by atoms with Crippen molar-refractivity contribution in [1.82, 2.24) is 0 Å². The van der Waals surface area contributed by atoms with Gasteiger partial charge in [0.2, 0.25) is 0 Å². The molecule has 0 aromatic carbocycles. The zero-order valence-corrected chi connectivity index (χ0v) is 69.4. The molecule has 0 bridgehead atoms. The zero-order chi connectivity index (χ0) is 75.6. The number of ether oxygens (including phenoxy) is 4. The molecule has 5 atom stereocenters. The van der Waals surface area contributed by atoms with E-state index in [0.29, 0.717) is 25.7 Å². The molecule has 0 rings (SSSR count). The highest BCUT2D eigenvalue weighted by Gasteiger charge is 2.30. The molecule has 0 saturated heterocycles. The van der Waals surface area contributed by atoms with Crippen molar-refractivity contribution in [2.45, 2.75) is 464 Å². The van der Waals surface area contributed by atoms with E-state index in [-0.39, 0.29) is 25.7 Å². The van der Waals surface area contributed by atoms with Gasteiger partial charge in [-0.1, -0.05) is 395 Å². The molecule has 2 unspecified atom stereocenters. The molecule has 3 N–H and O–H groups in total. The Kier molecular flexibility index (Phi) is 74.1. The van der Waals surface area contributed by atoms with E-state index in [1.165, 1.54) is 263 Å². The van der Waals surface area contributed by atoms with Crippen molar-refractivity contribution in [3.63, 3.8) is 0 Å². The van der Waals surface area contributed by atoms with Crippen LogP contribution in [0.4, 0.5) is 0 Å². The van der Waals surface area contributed by atoms with Gasteiger partial charge in [0, 0.05) is 25.7 Å². The van der Waals surface area contributed by atoms with Gasteiger partial charge in [0.05, 0.1) is 26.4 Å². The van der Waals surface area contributed by atoms with Gasteiger partial charge >= 0.3 is 39.5 Å². The summed E-state index contributed by atoms with van der Waals surface area (Å²) in [5.41, 5.74) is 0. The maximum Gasteiger partial charge on any atom is 0.472 e. The summed E-state index contributed by atoms with van der Waals surface area (Å²) in [6.45, 7) is 9.65. The number of rotatable bonds is 83. The molecule has 0 aliphatic carbocycles. The lowest BCUT2D eigenvalue weighted by atomic mass is 10.0. The van der Waals surface area contributed by atoms with E-state index in [1.807, 2.05) is 0 Å². The Labute approximate surface area is 632 Å². The second-order valence-electron chi connectivity index (χ2n) is 31.2. The van der Waals surface area contributed by atoms with Crippen molar-refractivity contribution in [3.05, 3.63) is 0 Å². The molecule has 0 aliphatic rings. The van der Waals surface area contributed by atoms with Crippen LogP contribution in [0.25, 0.3) is 0 Å². The number of hydrogen-bond donors (Lipinski definition) is 3. The van der Waals surface area contributed by atoms with Crippen LogP contribution in [-0.4, -0.2) is 96.7 Å². The molecular formula is C84H164O17P2. The van der Waals surface area contributed by atoms with E-state index >= 15 is 0 Å². The summed E-state index contributed by atoms with van der Waals surface area (Å²) in [5, 5.41) is 10.7. The van der Waals surface area contributed by atoms with Gasteiger partial charge in [-0.15, -0.1) is 0 Å². The summed E-state index contributed by atoms with van der Waals surface area (Å²) in [4.78, 5) is 73.2. The van der Waals surface area contributed by atoms with Gasteiger partial charge in [-0.05, 0) is 37.5 Å². The fourth-order valence-corrected chi connectivity index (χ4v) is 14.6. The first-order chi connectivity index (χ1) is 49.9. The first kappa shape index (κ1) is 101. The van der Waals surface area contributed by atoms with E-state index in [4.69, 9.17) is 37.0 Å². The number of aliphatic hydroxyl groups is 1. The molecule has 17 nitrogen and oxygen atoms in total. The highest BCUT2D eigenvalue weighted by atomic mass is 31.2. The third-order valence-electron chi connectivity index (χ3n) is 19.7. The number of hydrogen-bond acceptors (Lipinski definition) is 15. The summed E-state index contributed by atoms with van der Waals surface area (Å²) in [6.07, 6.45) is 66.6. The maximum atomic E-state index is 13.1. The molecule has 612 valence electrons. The number of phosphoric ester groups is 2. The average molecular weight is 1510 g/mol.